The highest BCUT2D eigenvalue weighted by atomic mass is 16.4. The molecule has 0 radical (unpaired) electrons. The van der Waals surface area contributed by atoms with Crippen LogP contribution in [0.3, 0.4) is 0 Å². The molecule has 0 fully saturated rings. The number of carbonyl (C=O) groups is 1. The third-order valence-electron chi connectivity index (χ3n) is 6.10. The highest BCUT2D eigenvalue weighted by molar-refractivity contribution is 5.68. The molecule has 0 aliphatic carbocycles. The van der Waals surface area contributed by atoms with Crippen LogP contribution in [0.1, 0.15) is 30.9 Å². The van der Waals surface area contributed by atoms with E-state index in [1.54, 1.807) is 0 Å². The Balaban J connectivity index is 1.69. The van der Waals surface area contributed by atoms with Crippen LogP contribution in [-0.4, -0.2) is 11.1 Å². The molecule has 2 heteroatoms. The summed E-state index contributed by atoms with van der Waals surface area (Å²) in [7, 11) is 0. The Morgan fingerprint density at radius 3 is 1.32 bits per heavy atom. The van der Waals surface area contributed by atoms with E-state index in [2.05, 4.69) is 79.7 Å². The molecule has 4 rings (SSSR count). The predicted molar refractivity (Wildman–Crippen MR) is 127 cm³/mol. The molecule has 4 aromatic carbocycles. The smallest absolute Gasteiger partial charge is 0.303 e. The number of carboxylic acids is 1. The lowest BCUT2D eigenvalue weighted by molar-refractivity contribution is -0.137. The zero-order chi connectivity index (χ0) is 21.7. The number of aliphatic carboxylic acids is 1. The van der Waals surface area contributed by atoms with Crippen molar-refractivity contribution in [3.05, 3.63) is 120 Å². The Hall–Kier alpha value is -3.65. The molecule has 1 N–H and O–H groups in total. The van der Waals surface area contributed by atoms with Crippen molar-refractivity contribution in [3.8, 4) is 22.3 Å². The van der Waals surface area contributed by atoms with Crippen LogP contribution >= 0.6 is 0 Å². The Morgan fingerprint density at radius 2 is 0.968 bits per heavy atom. The van der Waals surface area contributed by atoms with Crippen LogP contribution in [0.5, 0.6) is 0 Å². The molecule has 0 aliphatic rings. The van der Waals surface area contributed by atoms with E-state index < -0.39 is 5.97 Å². The first-order valence-electron chi connectivity index (χ1n) is 10.6. The second kappa shape index (κ2) is 9.01. The van der Waals surface area contributed by atoms with Crippen LogP contribution in [0.2, 0.25) is 0 Å². The highest BCUT2D eigenvalue weighted by Crippen LogP contribution is 2.38. The summed E-state index contributed by atoms with van der Waals surface area (Å²) in [6, 6.07) is 37.6. The van der Waals surface area contributed by atoms with Crippen LogP contribution in [0.25, 0.3) is 22.3 Å². The molecule has 0 spiro atoms. The van der Waals surface area contributed by atoms with E-state index in [0.29, 0.717) is 6.42 Å². The van der Waals surface area contributed by atoms with Gasteiger partial charge in [0.05, 0.1) is 0 Å². The summed E-state index contributed by atoms with van der Waals surface area (Å²) in [5, 5.41) is 9.36. The average Bonchev–Trinajstić information content (AvgIpc) is 2.84. The Labute approximate surface area is 183 Å². The minimum absolute atomic E-state index is 0.122. The molecule has 0 aromatic heterocycles. The van der Waals surface area contributed by atoms with Gasteiger partial charge in [-0.3, -0.25) is 4.79 Å². The van der Waals surface area contributed by atoms with Crippen molar-refractivity contribution in [2.45, 2.75) is 25.2 Å². The summed E-state index contributed by atoms with van der Waals surface area (Å²) < 4.78 is 0. The predicted octanol–water partition coefficient (Wildman–Crippen LogP) is 7.19. The normalized spacial score (nSPS) is 11.3. The summed E-state index contributed by atoms with van der Waals surface area (Å²) in [6.45, 7) is 2.14. The highest BCUT2D eigenvalue weighted by Gasteiger charge is 2.29. The molecule has 2 nitrogen and oxygen atoms in total. The van der Waals surface area contributed by atoms with Gasteiger partial charge >= 0.3 is 5.97 Å². The molecule has 0 atom stereocenters. The SMILES string of the molecule is CC(CCC(=O)O)(c1ccc(-c2ccccc2)cc1)c1ccc(-c2ccccc2)cc1. The van der Waals surface area contributed by atoms with Crippen molar-refractivity contribution < 1.29 is 9.90 Å². The maximum absolute atomic E-state index is 11.4. The van der Waals surface area contributed by atoms with Gasteiger partial charge in [-0.15, -0.1) is 0 Å². The van der Waals surface area contributed by atoms with Gasteiger partial charge in [-0.05, 0) is 39.8 Å². The van der Waals surface area contributed by atoms with E-state index in [4.69, 9.17) is 0 Å². The van der Waals surface area contributed by atoms with Crippen molar-refractivity contribution in [1.82, 2.24) is 0 Å². The van der Waals surface area contributed by atoms with Crippen molar-refractivity contribution in [1.29, 1.82) is 0 Å². The number of carboxylic acid groups (broad SMARTS) is 1. The van der Waals surface area contributed by atoms with Crippen molar-refractivity contribution in [3.63, 3.8) is 0 Å². The summed E-state index contributed by atoms with van der Waals surface area (Å²) in [6.07, 6.45) is 0.662. The minimum atomic E-state index is -0.770. The maximum atomic E-state index is 11.4. The van der Waals surface area contributed by atoms with E-state index in [1.165, 1.54) is 11.1 Å². The van der Waals surface area contributed by atoms with Crippen LogP contribution in [0, 0.1) is 0 Å². The second-order valence-corrected chi connectivity index (χ2v) is 8.11. The van der Waals surface area contributed by atoms with Gasteiger partial charge in [0.2, 0.25) is 0 Å². The van der Waals surface area contributed by atoms with Gasteiger partial charge in [0, 0.05) is 11.8 Å². The number of benzene rings is 4. The van der Waals surface area contributed by atoms with Crippen LogP contribution in [-0.2, 0) is 10.2 Å². The number of hydrogen-bond donors (Lipinski definition) is 1. The minimum Gasteiger partial charge on any atom is -0.481 e. The fraction of sp³-hybridized carbons (Fsp3) is 0.138. The summed E-state index contributed by atoms with van der Waals surface area (Å²) in [5.41, 5.74) is 6.53. The van der Waals surface area contributed by atoms with E-state index in [-0.39, 0.29) is 11.8 Å². The van der Waals surface area contributed by atoms with E-state index >= 15 is 0 Å². The van der Waals surface area contributed by atoms with Gasteiger partial charge in [0.25, 0.3) is 0 Å². The topological polar surface area (TPSA) is 37.3 Å². The van der Waals surface area contributed by atoms with Crippen LogP contribution in [0.15, 0.2) is 109 Å². The molecule has 0 heterocycles. The zero-order valence-electron chi connectivity index (χ0n) is 17.7. The van der Waals surface area contributed by atoms with Crippen molar-refractivity contribution >= 4 is 5.97 Å². The van der Waals surface area contributed by atoms with E-state index in [1.807, 2.05) is 36.4 Å². The lowest BCUT2D eigenvalue weighted by Gasteiger charge is -2.31. The fourth-order valence-electron chi connectivity index (χ4n) is 4.13. The molecule has 0 unspecified atom stereocenters. The Bertz CT molecular complexity index is 1050. The lowest BCUT2D eigenvalue weighted by atomic mass is 9.72. The molecule has 0 amide bonds. The quantitative estimate of drug-likeness (QED) is 0.353. The van der Waals surface area contributed by atoms with E-state index in [0.717, 1.165) is 22.3 Å². The van der Waals surface area contributed by atoms with Crippen molar-refractivity contribution in [2.24, 2.45) is 0 Å². The Kier molecular flexibility index (Phi) is 5.99. The van der Waals surface area contributed by atoms with Crippen LogP contribution < -0.4 is 0 Å². The summed E-state index contributed by atoms with van der Waals surface area (Å²) >= 11 is 0. The first-order valence-corrected chi connectivity index (χ1v) is 10.6. The number of hydrogen-bond acceptors (Lipinski definition) is 1. The van der Waals surface area contributed by atoms with Gasteiger partial charge in [-0.2, -0.15) is 0 Å². The fourth-order valence-corrected chi connectivity index (χ4v) is 4.13. The molecule has 154 valence electrons. The van der Waals surface area contributed by atoms with Gasteiger partial charge in [-0.1, -0.05) is 116 Å². The molecule has 4 aromatic rings. The molecule has 0 saturated heterocycles. The standard InChI is InChI=1S/C29H26O2/c1-29(21-20-28(30)31,26-16-12-24(13-17-26)22-8-4-2-5-9-22)27-18-14-25(15-19-27)23-10-6-3-7-11-23/h2-19H,20-21H2,1H3,(H,30,31). The lowest BCUT2D eigenvalue weighted by Crippen LogP contribution is -2.25. The third-order valence-corrected chi connectivity index (χ3v) is 6.10. The molecule has 0 aliphatic heterocycles. The monoisotopic (exact) mass is 406 g/mol. The Morgan fingerprint density at radius 1 is 0.613 bits per heavy atom. The summed E-state index contributed by atoms with van der Waals surface area (Å²) in [4.78, 5) is 11.4. The molecular formula is C29H26O2. The average molecular weight is 407 g/mol. The largest absolute Gasteiger partial charge is 0.481 e. The molecular weight excluding hydrogens is 380 g/mol. The molecule has 0 saturated carbocycles. The maximum Gasteiger partial charge on any atom is 0.303 e. The first-order chi connectivity index (χ1) is 15.1. The summed E-state index contributed by atoms with van der Waals surface area (Å²) in [5.74, 6) is -0.770. The van der Waals surface area contributed by atoms with Gasteiger partial charge < -0.3 is 5.11 Å². The molecule has 31 heavy (non-hydrogen) atoms. The number of rotatable bonds is 7. The third kappa shape index (κ3) is 4.59. The van der Waals surface area contributed by atoms with Gasteiger partial charge in [-0.25, -0.2) is 0 Å². The second-order valence-electron chi connectivity index (χ2n) is 8.11. The van der Waals surface area contributed by atoms with Gasteiger partial charge in [0.15, 0.2) is 0 Å². The van der Waals surface area contributed by atoms with Crippen LogP contribution in [0.4, 0.5) is 0 Å². The van der Waals surface area contributed by atoms with Crippen molar-refractivity contribution in [2.75, 3.05) is 0 Å². The molecule has 0 bridgehead atoms. The zero-order valence-corrected chi connectivity index (χ0v) is 17.7. The first kappa shape index (κ1) is 20.6. The van der Waals surface area contributed by atoms with Gasteiger partial charge in [0.1, 0.15) is 0 Å². The van der Waals surface area contributed by atoms with E-state index in [9.17, 15) is 9.90 Å².